The molecular formula is C17H22ClNO2. The van der Waals surface area contributed by atoms with Crippen molar-refractivity contribution < 1.29 is 9.90 Å². The maximum absolute atomic E-state index is 12.3. The van der Waals surface area contributed by atoms with Gasteiger partial charge in [0.2, 0.25) is 0 Å². The Balaban J connectivity index is 2.89. The largest absolute Gasteiger partial charge is 0.395 e. The zero-order chi connectivity index (χ0) is 15.9. The average Bonchev–Trinajstić information content (AvgIpc) is 2.48. The number of hydrogen-bond donors (Lipinski definition) is 2. The Kier molecular flexibility index (Phi) is 6.74. The lowest BCUT2D eigenvalue weighted by Gasteiger charge is -2.28. The molecule has 1 aromatic carbocycles. The highest BCUT2D eigenvalue weighted by molar-refractivity contribution is 6.32. The SMILES string of the molecule is CCC(C)(CC)NC(=O)c1ccc(C#CCCO)c(Cl)c1. The van der Waals surface area contributed by atoms with Gasteiger partial charge in [-0.05, 0) is 38.0 Å². The van der Waals surface area contributed by atoms with Gasteiger partial charge in [-0.25, -0.2) is 0 Å². The lowest BCUT2D eigenvalue weighted by atomic mass is 9.95. The minimum absolute atomic E-state index is 0.0255. The topological polar surface area (TPSA) is 49.3 Å². The number of carbonyl (C=O) groups is 1. The van der Waals surface area contributed by atoms with Crippen LogP contribution in [0.1, 0.15) is 56.0 Å². The lowest BCUT2D eigenvalue weighted by Crippen LogP contribution is -2.44. The van der Waals surface area contributed by atoms with E-state index in [9.17, 15) is 4.79 Å². The zero-order valence-corrected chi connectivity index (χ0v) is 13.5. The number of rotatable bonds is 5. The van der Waals surface area contributed by atoms with Crippen molar-refractivity contribution in [2.45, 2.75) is 45.6 Å². The van der Waals surface area contributed by atoms with E-state index in [1.165, 1.54) is 0 Å². The van der Waals surface area contributed by atoms with Crippen LogP contribution in [-0.4, -0.2) is 23.2 Å². The molecule has 0 atom stereocenters. The fraction of sp³-hybridized carbons (Fsp3) is 0.471. The van der Waals surface area contributed by atoms with Crippen LogP contribution in [0.15, 0.2) is 18.2 Å². The van der Waals surface area contributed by atoms with Crippen molar-refractivity contribution in [2.75, 3.05) is 6.61 Å². The van der Waals surface area contributed by atoms with Gasteiger partial charge < -0.3 is 10.4 Å². The normalized spacial score (nSPS) is 10.7. The van der Waals surface area contributed by atoms with Gasteiger partial charge in [0.1, 0.15) is 0 Å². The van der Waals surface area contributed by atoms with Crippen LogP contribution in [0.2, 0.25) is 5.02 Å². The van der Waals surface area contributed by atoms with Crippen LogP contribution < -0.4 is 5.32 Å². The van der Waals surface area contributed by atoms with Gasteiger partial charge in [-0.1, -0.05) is 37.3 Å². The summed E-state index contributed by atoms with van der Waals surface area (Å²) in [4.78, 5) is 12.3. The third kappa shape index (κ3) is 5.08. The third-order valence-corrected chi connectivity index (χ3v) is 3.98. The highest BCUT2D eigenvalue weighted by Crippen LogP contribution is 2.19. The molecule has 0 spiro atoms. The van der Waals surface area contributed by atoms with Crippen LogP contribution in [-0.2, 0) is 0 Å². The summed E-state index contributed by atoms with van der Waals surface area (Å²) in [7, 11) is 0. The first-order valence-corrected chi connectivity index (χ1v) is 7.55. The summed E-state index contributed by atoms with van der Waals surface area (Å²) >= 11 is 6.15. The molecule has 2 N–H and O–H groups in total. The highest BCUT2D eigenvalue weighted by atomic mass is 35.5. The molecule has 114 valence electrons. The van der Waals surface area contributed by atoms with Gasteiger partial charge >= 0.3 is 0 Å². The second-order valence-electron chi connectivity index (χ2n) is 5.19. The summed E-state index contributed by atoms with van der Waals surface area (Å²) < 4.78 is 0. The maximum Gasteiger partial charge on any atom is 0.251 e. The summed E-state index contributed by atoms with van der Waals surface area (Å²) in [5.74, 6) is 5.56. The van der Waals surface area contributed by atoms with E-state index in [2.05, 4.69) is 31.0 Å². The van der Waals surface area contributed by atoms with Crippen molar-refractivity contribution in [2.24, 2.45) is 0 Å². The molecule has 0 aliphatic carbocycles. The molecule has 0 radical (unpaired) electrons. The lowest BCUT2D eigenvalue weighted by molar-refractivity contribution is 0.0901. The average molecular weight is 308 g/mol. The van der Waals surface area contributed by atoms with Crippen molar-refractivity contribution in [3.63, 3.8) is 0 Å². The zero-order valence-electron chi connectivity index (χ0n) is 12.8. The predicted octanol–water partition coefficient (Wildman–Crippen LogP) is 3.38. The van der Waals surface area contributed by atoms with Gasteiger partial charge in [-0.15, -0.1) is 0 Å². The van der Waals surface area contributed by atoms with E-state index in [-0.39, 0.29) is 18.1 Å². The van der Waals surface area contributed by atoms with Crippen LogP contribution in [0.3, 0.4) is 0 Å². The molecule has 1 aromatic rings. The Morgan fingerprint density at radius 2 is 2.05 bits per heavy atom. The van der Waals surface area contributed by atoms with Crippen LogP contribution in [0.5, 0.6) is 0 Å². The molecule has 0 aromatic heterocycles. The van der Waals surface area contributed by atoms with Crippen LogP contribution in [0, 0.1) is 11.8 Å². The Bertz CT molecular complexity index is 554. The Morgan fingerprint density at radius 3 is 2.57 bits per heavy atom. The van der Waals surface area contributed by atoms with E-state index in [4.69, 9.17) is 16.7 Å². The molecular weight excluding hydrogens is 286 g/mol. The fourth-order valence-electron chi connectivity index (χ4n) is 1.74. The van der Waals surface area contributed by atoms with Gasteiger partial charge in [0.05, 0.1) is 11.6 Å². The van der Waals surface area contributed by atoms with Crippen molar-refractivity contribution in [1.29, 1.82) is 0 Å². The summed E-state index contributed by atoms with van der Waals surface area (Å²) in [6, 6.07) is 5.08. The maximum atomic E-state index is 12.3. The van der Waals surface area contributed by atoms with E-state index in [1.54, 1.807) is 18.2 Å². The molecule has 1 amide bonds. The number of halogens is 1. The van der Waals surface area contributed by atoms with Crippen LogP contribution in [0.25, 0.3) is 0 Å². The molecule has 0 heterocycles. The van der Waals surface area contributed by atoms with E-state index >= 15 is 0 Å². The molecule has 0 aliphatic heterocycles. The van der Waals surface area contributed by atoms with E-state index in [0.717, 1.165) is 12.8 Å². The number of hydrogen-bond acceptors (Lipinski definition) is 2. The van der Waals surface area contributed by atoms with Gasteiger partial charge in [-0.3, -0.25) is 4.79 Å². The summed E-state index contributed by atoms with van der Waals surface area (Å²) in [6.07, 6.45) is 2.14. The smallest absolute Gasteiger partial charge is 0.251 e. The van der Waals surface area contributed by atoms with Crippen LogP contribution >= 0.6 is 11.6 Å². The number of amides is 1. The summed E-state index contributed by atoms with van der Waals surface area (Å²) in [6.45, 7) is 6.16. The van der Waals surface area contributed by atoms with Gasteiger partial charge in [0, 0.05) is 23.1 Å². The van der Waals surface area contributed by atoms with Crippen LogP contribution in [0.4, 0.5) is 0 Å². The number of benzene rings is 1. The van der Waals surface area contributed by atoms with E-state index in [1.807, 2.05) is 6.92 Å². The van der Waals surface area contributed by atoms with Crippen molar-refractivity contribution in [3.8, 4) is 11.8 Å². The Labute approximate surface area is 131 Å². The second-order valence-corrected chi connectivity index (χ2v) is 5.60. The van der Waals surface area contributed by atoms with E-state index in [0.29, 0.717) is 22.6 Å². The Hall–Kier alpha value is -1.50. The number of aliphatic hydroxyl groups is 1. The summed E-state index contributed by atoms with van der Waals surface area (Å²) in [5.41, 5.74) is 0.986. The molecule has 0 aliphatic rings. The molecule has 0 saturated heterocycles. The van der Waals surface area contributed by atoms with Gasteiger partial charge in [0.25, 0.3) is 5.91 Å². The molecule has 0 fully saturated rings. The predicted molar refractivity (Wildman–Crippen MR) is 86.5 cm³/mol. The number of aliphatic hydroxyl groups excluding tert-OH is 1. The van der Waals surface area contributed by atoms with Crippen molar-refractivity contribution >= 4 is 17.5 Å². The molecule has 0 unspecified atom stereocenters. The standard InChI is InChI=1S/C17H22ClNO2/c1-4-17(3,5-2)19-16(21)14-10-9-13(15(18)12-14)8-6-7-11-20/h9-10,12,20H,4-5,7,11H2,1-3H3,(H,19,21). The Morgan fingerprint density at radius 1 is 1.38 bits per heavy atom. The molecule has 0 saturated carbocycles. The van der Waals surface area contributed by atoms with Crippen molar-refractivity contribution in [1.82, 2.24) is 5.32 Å². The molecule has 4 heteroatoms. The summed E-state index contributed by atoms with van der Waals surface area (Å²) in [5, 5.41) is 12.2. The first-order valence-electron chi connectivity index (χ1n) is 7.17. The molecule has 3 nitrogen and oxygen atoms in total. The van der Waals surface area contributed by atoms with Gasteiger partial charge in [-0.2, -0.15) is 0 Å². The minimum Gasteiger partial charge on any atom is -0.395 e. The molecule has 21 heavy (non-hydrogen) atoms. The molecule has 0 bridgehead atoms. The first kappa shape index (κ1) is 17.6. The third-order valence-electron chi connectivity index (χ3n) is 3.67. The minimum atomic E-state index is -0.205. The highest BCUT2D eigenvalue weighted by Gasteiger charge is 2.22. The number of nitrogens with one attached hydrogen (secondary N) is 1. The monoisotopic (exact) mass is 307 g/mol. The number of carbonyl (C=O) groups excluding carboxylic acids is 1. The molecule has 1 rings (SSSR count). The quantitative estimate of drug-likeness (QED) is 0.819. The fourth-order valence-corrected chi connectivity index (χ4v) is 1.97. The van der Waals surface area contributed by atoms with Crippen molar-refractivity contribution in [3.05, 3.63) is 34.3 Å². The van der Waals surface area contributed by atoms with E-state index < -0.39 is 0 Å². The first-order chi connectivity index (χ1) is 9.95. The van der Waals surface area contributed by atoms with Gasteiger partial charge in [0.15, 0.2) is 0 Å². The second kappa shape index (κ2) is 8.07.